The van der Waals surface area contributed by atoms with E-state index in [1.54, 1.807) is 0 Å². The normalized spacial score (nSPS) is 45.5. The second kappa shape index (κ2) is 5.50. The van der Waals surface area contributed by atoms with Gasteiger partial charge in [0.25, 0.3) is 0 Å². The Kier molecular flexibility index (Phi) is 3.04. The molecule has 3 aromatic rings. The van der Waals surface area contributed by atoms with Crippen molar-refractivity contribution in [2.45, 2.75) is 38.5 Å². The zero-order valence-electron chi connectivity index (χ0n) is 20.5. The molecule has 4 bridgehead atoms. The average molecular weight is 449 g/mol. The summed E-state index contributed by atoms with van der Waals surface area (Å²) in [6, 6.07) is 13.4. The largest absolute Gasteiger partial charge is 0.496 e. The molecule has 0 radical (unpaired) electrons. The molecule has 0 spiro atoms. The van der Waals surface area contributed by atoms with E-state index in [9.17, 15) is 0 Å². The third-order valence-corrected chi connectivity index (χ3v) is 12.5. The fourth-order valence-corrected chi connectivity index (χ4v) is 11.7. The van der Waals surface area contributed by atoms with Crippen molar-refractivity contribution in [3.63, 3.8) is 0 Å². The zero-order chi connectivity index (χ0) is 22.7. The van der Waals surface area contributed by atoms with E-state index in [1.807, 2.05) is 14.2 Å². The third kappa shape index (κ3) is 1.60. The van der Waals surface area contributed by atoms with Crippen LogP contribution >= 0.6 is 0 Å². The Labute approximate surface area is 201 Å². The van der Waals surface area contributed by atoms with Crippen molar-refractivity contribution in [3.05, 3.63) is 59.7 Å². The highest BCUT2D eigenvalue weighted by Gasteiger charge is 2.88. The first kappa shape index (κ1) is 18.8. The molecule has 4 saturated carbocycles. The molecule has 0 saturated heterocycles. The summed E-state index contributed by atoms with van der Waals surface area (Å²) in [5.74, 6) is 8.60. The van der Waals surface area contributed by atoms with E-state index in [1.165, 1.54) is 45.5 Å². The van der Waals surface area contributed by atoms with Crippen molar-refractivity contribution in [1.29, 1.82) is 0 Å². The maximum absolute atomic E-state index is 6.29. The molecule has 9 rings (SSSR count). The molecule has 2 nitrogen and oxygen atoms in total. The van der Waals surface area contributed by atoms with Gasteiger partial charge in [-0.05, 0) is 93.9 Å². The minimum atomic E-state index is 0.486. The van der Waals surface area contributed by atoms with Crippen molar-refractivity contribution < 1.29 is 9.47 Å². The smallest absolute Gasteiger partial charge is 0.130 e. The molecule has 6 aliphatic carbocycles. The SMILES string of the molecule is COc1c2c(c(OC)c3cc4ccccc4cc13)[C@@H]1C[C@H]2[C@@H]2[C@H]1[C@@]1(C)[C@H]3[C@H]([C@@H]4C=C[C@H]3C4)[C@@]21C. The van der Waals surface area contributed by atoms with Crippen LogP contribution in [0.4, 0.5) is 0 Å². The fraction of sp³-hybridized carbons (Fsp3) is 0.500. The lowest BCUT2D eigenvalue weighted by Crippen LogP contribution is -2.79. The van der Waals surface area contributed by atoms with Gasteiger partial charge in [0.1, 0.15) is 11.5 Å². The molecular formula is C32H32O2. The molecule has 10 atom stereocenters. The van der Waals surface area contributed by atoms with Crippen LogP contribution in [-0.4, -0.2) is 14.2 Å². The molecule has 34 heavy (non-hydrogen) atoms. The predicted molar refractivity (Wildman–Crippen MR) is 136 cm³/mol. The van der Waals surface area contributed by atoms with Crippen LogP contribution in [0.2, 0.25) is 0 Å². The van der Waals surface area contributed by atoms with Crippen LogP contribution in [0.15, 0.2) is 48.6 Å². The number of ether oxygens (including phenoxy) is 2. The lowest BCUT2D eigenvalue weighted by Gasteiger charge is -2.83. The van der Waals surface area contributed by atoms with Gasteiger partial charge in [0, 0.05) is 21.9 Å². The topological polar surface area (TPSA) is 18.5 Å². The van der Waals surface area contributed by atoms with Crippen LogP contribution in [0.1, 0.15) is 49.7 Å². The lowest BCUT2D eigenvalue weighted by atomic mass is 9.20. The first-order valence-electron chi connectivity index (χ1n) is 13.3. The molecule has 0 unspecified atom stereocenters. The molecule has 0 aromatic heterocycles. The molecule has 4 fully saturated rings. The van der Waals surface area contributed by atoms with Gasteiger partial charge in [-0.2, -0.15) is 0 Å². The molecule has 0 heterocycles. The van der Waals surface area contributed by atoms with E-state index in [4.69, 9.17) is 9.47 Å². The zero-order valence-corrected chi connectivity index (χ0v) is 20.5. The molecule has 0 N–H and O–H groups in total. The maximum Gasteiger partial charge on any atom is 0.130 e. The number of rotatable bonds is 2. The fourth-order valence-electron chi connectivity index (χ4n) is 11.7. The summed E-state index contributed by atoms with van der Waals surface area (Å²) < 4.78 is 12.6. The van der Waals surface area contributed by atoms with Crippen molar-refractivity contribution >= 4 is 21.5 Å². The monoisotopic (exact) mass is 448 g/mol. The van der Waals surface area contributed by atoms with Gasteiger partial charge < -0.3 is 9.47 Å². The van der Waals surface area contributed by atoms with E-state index in [0.29, 0.717) is 22.7 Å². The summed E-state index contributed by atoms with van der Waals surface area (Å²) in [6.07, 6.45) is 7.87. The predicted octanol–water partition coefficient (Wildman–Crippen LogP) is 7.31. The van der Waals surface area contributed by atoms with Crippen LogP contribution in [0.3, 0.4) is 0 Å². The third-order valence-electron chi connectivity index (χ3n) is 12.5. The lowest BCUT2D eigenvalue weighted by molar-refractivity contribution is -0.353. The van der Waals surface area contributed by atoms with E-state index < -0.39 is 0 Å². The molecular weight excluding hydrogens is 416 g/mol. The van der Waals surface area contributed by atoms with Crippen LogP contribution < -0.4 is 9.47 Å². The summed E-state index contributed by atoms with van der Waals surface area (Å²) in [7, 11) is 3.76. The molecule has 172 valence electrons. The number of allylic oxidation sites excluding steroid dienone is 2. The number of methoxy groups -OCH3 is 2. The van der Waals surface area contributed by atoms with E-state index in [0.717, 1.165) is 47.0 Å². The molecule has 2 heteroatoms. The average Bonchev–Trinajstić information content (AvgIpc) is 3.63. The van der Waals surface area contributed by atoms with Crippen molar-refractivity contribution in [1.82, 2.24) is 0 Å². The molecule has 0 aliphatic heterocycles. The summed E-state index contributed by atoms with van der Waals surface area (Å²) in [5, 5.41) is 5.00. The number of fused-ring (bicyclic) bond motifs is 20. The number of hydrogen-bond donors (Lipinski definition) is 0. The Bertz CT molecular complexity index is 1380. The van der Waals surface area contributed by atoms with Gasteiger partial charge in [-0.15, -0.1) is 0 Å². The Morgan fingerprint density at radius 2 is 1.15 bits per heavy atom. The Balaban J connectivity index is 1.31. The van der Waals surface area contributed by atoms with E-state index >= 15 is 0 Å². The minimum Gasteiger partial charge on any atom is -0.496 e. The van der Waals surface area contributed by atoms with Crippen molar-refractivity contribution in [2.75, 3.05) is 14.2 Å². The molecule has 3 aromatic carbocycles. The van der Waals surface area contributed by atoms with E-state index in [2.05, 4.69) is 62.4 Å². The Morgan fingerprint density at radius 3 is 1.59 bits per heavy atom. The second-order valence-corrected chi connectivity index (χ2v) is 12.7. The number of benzene rings is 3. The second-order valence-electron chi connectivity index (χ2n) is 12.7. The quantitative estimate of drug-likeness (QED) is 0.233. The Hall–Kier alpha value is -2.48. The maximum atomic E-state index is 6.29. The van der Waals surface area contributed by atoms with Gasteiger partial charge in [-0.1, -0.05) is 50.3 Å². The summed E-state index contributed by atoms with van der Waals surface area (Å²) in [5.41, 5.74) is 3.97. The summed E-state index contributed by atoms with van der Waals surface area (Å²) in [4.78, 5) is 0. The summed E-state index contributed by atoms with van der Waals surface area (Å²) in [6.45, 7) is 5.37. The molecule has 6 aliphatic rings. The summed E-state index contributed by atoms with van der Waals surface area (Å²) >= 11 is 0. The van der Waals surface area contributed by atoms with Crippen LogP contribution in [0.25, 0.3) is 21.5 Å². The van der Waals surface area contributed by atoms with Gasteiger partial charge in [0.2, 0.25) is 0 Å². The van der Waals surface area contributed by atoms with Gasteiger partial charge >= 0.3 is 0 Å². The van der Waals surface area contributed by atoms with Crippen LogP contribution in [0.5, 0.6) is 11.5 Å². The standard InChI is InChI=1S/C32H32O2/c1-31-25-17-9-10-18(11-17)26(25)32(31,2)28-22-14-21(27(28)31)23-24(22)30(34-4)20-13-16-8-6-5-7-15(16)12-19(20)29(23)33-3/h5-10,12-13,17-18,21-22,25-28H,11,14H2,1-4H3/t17-,18+,21-,22+,25+,26-,27-,28+,31+,32-. The Morgan fingerprint density at radius 1 is 0.676 bits per heavy atom. The first-order valence-corrected chi connectivity index (χ1v) is 13.3. The van der Waals surface area contributed by atoms with Gasteiger partial charge in [-0.25, -0.2) is 0 Å². The number of hydrogen-bond acceptors (Lipinski definition) is 2. The first-order chi connectivity index (χ1) is 16.5. The van der Waals surface area contributed by atoms with Crippen molar-refractivity contribution in [2.24, 2.45) is 46.3 Å². The van der Waals surface area contributed by atoms with Crippen LogP contribution in [-0.2, 0) is 0 Å². The van der Waals surface area contributed by atoms with Gasteiger partial charge in [0.15, 0.2) is 0 Å². The van der Waals surface area contributed by atoms with Crippen molar-refractivity contribution in [3.8, 4) is 11.5 Å². The molecule has 0 amide bonds. The minimum absolute atomic E-state index is 0.486. The highest BCUT2D eigenvalue weighted by molar-refractivity contribution is 6.05. The van der Waals surface area contributed by atoms with Crippen LogP contribution in [0, 0.1) is 46.3 Å². The van der Waals surface area contributed by atoms with Gasteiger partial charge in [-0.3, -0.25) is 0 Å². The highest BCUT2D eigenvalue weighted by Crippen LogP contribution is 2.94. The van der Waals surface area contributed by atoms with Gasteiger partial charge in [0.05, 0.1) is 14.2 Å². The van der Waals surface area contributed by atoms with E-state index in [-0.39, 0.29) is 0 Å². The highest BCUT2D eigenvalue weighted by atomic mass is 16.5.